The maximum absolute atomic E-state index is 7.86. The van der Waals surface area contributed by atoms with Crippen LogP contribution in [0.25, 0.3) is 0 Å². The average Bonchev–Trinajstić information content (AvgIpc) is 2.47. The summed E-state index contributed by atoms with van der Waals surface area (Å²) in [5.74, 6) is 0.214. The van der Waals surface area contributed by atoms with Gasteiger partial charge in [-0.15, -0.1) is 24.8 Å². The van der Waals surface area contributed by atoms with Gasteiger partial charge in [0.05, 0.1) is 0 Å². The van der Waals surface area contributed by atoms with Crippen molar-refractivity contribution in [2.24, 2.45) is 21.7 Å². The SMILES string of the molecule is Cl.Cl.N=C(N)C1(/N=N/C2(C(=N)N)CCCCC2)CCCCC1. The van der Waals surface area contributed by atoms with E-state index in [-0.39, 0.29) is 36.5 Å². The number of azo groups is 1. The van der Waals surface area contributed by atoms with Crippen molar-refractivity contribution in [2.45, 2.75) is 75.3 Å². The van der Waals surface area contributed by atoms with E-state index < -0.39 is 11.1 Å². The molecule has 0 spiro atoms. The van der Waals surface area contributed by atoms with Crippen molar-refractivity contribution in [1.82, 2.24) is 0 Å². The zero-order chi connectivity index (χ0) is 14.6. The fraction of sp³-hybridized carbons (Fsp3) is 0.857. The molecular weight excluding hydrogens is 323 g/mol. The molecule has 2 rings (SSSR count). The van der Waals surface area contributed by atoms with Gasteiger partial charge in [0.15, 0.2) is 0 Å². The minimum Gasteiger partial charge on any atom is -0.386 e. The van der Waals surface area contributed by atoms with Gasteiger partial charge in [0.2, 0.25) is 0 Å². The molecule has 6 nitrogen and oxygen atoms in total. The van der Waals surface area contributed by atoms with Crippen LogP contribution >= 0.6 is 24.8 Å². The lowest BCUT2D eigenvalue weighted by Gasteiger charge is -2.35. The first-order chi connectivity index (χ1) is 9.51. The molecule has 6 N–H and O–H groups in total. The molecule has 128 valence electrons. The summed E-state index contributed by atoms with van der Waals surface area (Å²) in [4.78, 5) is 0. The van der Waals surface area contributed by atoms with Crippen LogP contribution in [0.15, 0.2) is 10.2 Å². The fourth-order valence-electron chi connectivity index (χ4n) is 3.31. The molecule has 2 saturated carbocycles. The van der Waals surface area contributed by atoms with Gasteiger partial charge in [-0.2, -0.15) is 10.2 Å². The van der Waals surface area contributed by atoms with Crippen LogP contribution in [-0.4, -0.2) is 22.7 Å². The zero-order valence-corrected chi connectivity index (χ0v) is 14.6. The Labute approximate surface area is 144 Å². The highest BCUT2D eigenvalue weighted by Crippen LogP contribution is 2.36. The maximum Gasteiger partial charge on any atom is 0.138 e. The predicted octanol–water partition coefficient (Wildman–Crippen LogP) is 3.56. The molecule has 2 fully saturated rings. The Kier molecular flexibility index (Phi) is 8.33. The van der Waals surface area contributed by atoms with E-state index in [1.54, 1.807) is 0 Å². The Morgan fingerprint density at radius 1 is 0.636 bits per heavy atom. The molecule has 0 radical (unpaired) electrons. The number of halogens is 2. The van der Waals surface area contributed by atoms with Gasteiger partial charge in [-0.3, -0.25) is 10.8 Å². The molecule has 2 aliphatic rings. The van der Waals surface area contributed by atoms with Crippen LogP contribution in [0.4, 0.5) is 0 Å². The summed E-state index contributed by atoms with van der Waals surface area (Å²) in [6.07, 6.45) is 9.64. The van der Waals surface area contributed by atoms with Crippen LogP contribution in [-0.2, 0) is 0 Å². The maximum atomic E-state index is 7.86. The molecule has 0 aliphatic heterocycles. The third-order valence-corrected chi connectivity index (χ3v) is 4.80. The molecule has 0 aromatic heterocycles. The van der Waals surface area contributed by atoms with Crippen molar-refractivity contribution < 1.29 is 0 Å². The van der Waals surface area contributed by atoms with Gasteiger partial charge in [-0.1, -0.05) is 38.5 Å². The van der Waals surface area contributed by atoms with E-state index in [1.165, 1.54) is 12.8 Å². The molecular formula is C14H28Cl2N6. The molecule has 0 aromatic rings. The third-order valence-electron chi connectivity index (χ3n) is 4.80. The molecule has 0 amide bonds. The Bertz CT molecular complexity index is 374. The van der Waals surface area contributed by atoms with Crippen molar-refractivity contribution in [3.8, 4) is 0 Å². The van der Waals surface area contributed by atoms with Gasteiger partial charge in [0, 0.05) is 0 Å². The summed E-state index contributed by atoms with van der Waals surface area (Å²) < 4.78 is 0. The van der Waals surface area contributed by atoms with E-state index in [2.05, 4.69) is 10.2 Å². The monoisotopic (exact) mass is 350 g/mol. The van der Waals surface area contributed by atoms with E-state index in [1.807, 2.05) is 0 Å². The van der Waals surface area contributed by atoms with Crippen molar-refractivity contribution in [1.29, 1.82) is 10.8 Å². The summed E-state index contributed by atoms with van der Waals surface area (Å²) in [7, 11) is 0. The van der Waals surface area contributed by atoms with Crippen LogP contribution in [0, 0.1) is 10.8 Å². The van der Waals surface area contributed by atoms with Crippen LogP contribution in [0.3, 0.4) is 0 Å². The Balaban J connectivity index is 0.00000220. The number of nitrogens with zero attached hydrogens (tertiary/aromatic N) is 2. The summed E-state index contributed by atoms with van der Waals surface area (Å²) in [5, 5.41) is 24.7. The molecule has 0 saturated heterocycles. The Hall–Kier alpha value is -0.880. The number of amidine groups is 2. The zero-order valence-electron chi connectivity index (χ0n) is 12.9. The second-order valence-electron chi connectivity index (χ2n) is 6.21. The van der Waals surface area contributed by atoms with Crippen LogP contribution in [0.2, 0.25) is 0 Å². The van der Waals surface area contributed by atoms with E-state index in [9.17, 15) is 0 Å². The molecule has 0 atom stereocenters. The van der Waals surface area contributed by atoms with E-state index in [0.717, 1.165) is 51.4 Å². The van der Waals surface area contributed by atoms with E-state index in [4.69, 9.17) is 22.3 Å². The quantitative estimate of drug-likeness (QED) is 0.351. The topological polar surface area (TPSA) is 124 Å². The largest absolute Gasteiger partial charge is 0.386 e. The van der Waals surface area contributed by atoms with E-state index in [0.29, 0.717) is 0 Å². The number of nitrogens with two attached hydrogens (primary N) is 2. The summed E-state index contributed by atoms with van der Waals surface area (Å²) in [6, 6.07) is 0. The van der Waals surface area contributed by atoms with Gasteiger partial charge in [-0.25, -0.2) is 0 Å². The van der Waals surface area contributed by atoms with Crippen LogP contribution in [0.5, 0.6) is 0 Å². The standard InChI is InChI=1S/C14H26N6.2ClH/c15-11(16)13(7-3-1-4-8-13)19-20-14(12(17)18)9-5-2-6-10-14;;/h1-10H2,(H3,15,16)(H3,17,18);2*1H/b20-19+;;. The minimum atomic E-state index is -0.641. The fourth-order valence-corrected chi connectivity index (χ4v) is 3.31. The Morgan fingerprint density at radius 3 is 1.14 bits per heavy atom. The number of hydrogen-bond acceptors (Lipinski definition) is 4. The van der Waals surface area contributed by atoms with Crippen LogP contribution < -0.4 is 11.5 Å². The normalized spacial score (nSPS) is 23.1. The lowest BCUT2D eigenvalue weighted by molar-refractivity contribution is 0.321. The van der Waals surface area contributed by atoms with Crippen molar-refractivity contribution in [3.05, 3.63) is 0 Å². The van der Waals surface area contributed by atoms with Gasteiger partial charge < -0.3 is 11.5 Å². The predicted molar refractivity (Wildman–Crippen MR) is 94.8 cm³/mol. The third kappa shape index (κ3) is 4.32. The van der Waals surface area contributed by atoms with Gasteiger partial charge in [-0.05, 0) is 25.7 Å². The average molecular weight is 351 g/mol. The molecule has 22 heavy (non-hydrogen) atoms. The van der Waals surface area contributed by atoms with Gasteiger partial charge in [0.25, 0.3) is 0 Å². The highest BCUT2D eigenvalue weighted by molar-refractivity contribution is 5.88. The molecule has 0 unspecified atom stereocenters. The van der Waals surface area contributed by atoms with Gasteiger partial charge in [0.1, 0.15) is 22.7 Å². The molecule has 0 heterocycles. The Morgan fingerprint density at radius 2 is 0.909 bits per heavy atom. The highest BCUT2D eigenvalue weighted by atomic mass is 35.5. The molecule has 0 bridgehead atoms. The number of rotatable bonds is 4. The number of nitrogens with one attached hydrogen (secondary N) is 2. The summed E-state index contributed by atoms with van der Waals surface area (Å²) in [5.41, 5.74) is 10.3. The lowest BCUT2D eigenvalue weighted by Crippen LogP contribution is -2.46. The smallest absolute Gasteiger partial charge is 0.138 e. The van der Waals surface area contributed by atoms with Crippen molar-refractivity contribution in [2.75, 3.05) is 0 Å². The second kappa shape index (κ2) is 8.67. The lowest BCUT2D eigenvalue weighted by atomic mass is 9.80. The highest BCUT2D eigenvalue weighted by Gasteiger charge is 2.40. The second-order valence-corrected chi connectivity index (χ2v) is 6.21. The summed E-state index contributed by atoms with van der Waals surface area (Å²) in [6.45, 7) is 0. The first kappa shape index (κ1) is 21.1. The van der Waals surface area contributed by atoms with E-state index >= 15 is 0 Å². The minimum absolute atomic E-state index is 0. The first-order valence-corrected chi connectivity index (χ1v) is 7.64. The van der Waals surface area contributed by atoms with Crippen molar-refractivity contribution >= 4 is 36.5 Å². The molecule has 8 heteroatoms. The number of hydrogen-bond donors (Lipinski definition) is 4. The molecule has 0 aromatic carbocycles. The first-order valence-electron chi connectivity index (χ1n) is 7.64. The van der Waals surface area contributed by atoms with Gasteiger partial charge >= 0.3 is 0 Å². The molecule has 2 aliphatic carbocycles. The van der Waals surface area contributed by atoms with Crippen molar-refractivity contribution in [3.63, 3.8) is 0 Å². The van der Waals surface area contributed by atoms with Crippen LogP contribution in [0.1, 0.15) is 64.2 Å². The summed E-state index contributed by atoms with van der Waals surface area (Å²) >= 11 is 0.